The molecule has 0 saturated heterocycles. The largest absolute Gasteiger partial charge is 0.480 e. The molecule has 0 atom stereocenters. The average Bonchev–Trinajstić information content (AvgIpc) is 2.53. The molecular formula is C19H22O2. The van der Waals surface area contributed by atoms with Gasteiger partial charge in [-0.1, -0.05) is 87.4 Å². The molecule has 0 radical (unpaired) electrons. The topological polar surface area (TPSA) is 37.3 Å². The fourth-order valence-corrected chi connectivity index (χ4v) is 3.36. The molecule has 0 heterocycles. The number of carboxylic acid groups (broad SMARTS) is 1. The summed E-state index contributed by atoms with van der Waals surface area (Å²) in [5, 5.41) is 10.2. The van der Waals surface area contributed by atoms with E-state index in [1.54, 1.807) is 0 Å². The van der Waals surface area contributed by atoms with Crippen molar-refractivity contribution in [2.24, 2.45) is 5.92 Å². The van der Waals surface area contributed by atoms with Crippen LogP contribution in [0, 0.1) is 5.92 Å². The molecule has 0 unspecified atom stereocenters. The quantitative estimate of drug-likeness (QED) is 0.847. The van der Waals surface area contributed by atoms with Gasteiger partial charge in [0.05, 0.1) is 0 Å². The molecule has 0 saturated carbocycles. The minimum Gasteiger partial charge on any atom is -0.480 e. The Hall–Kier alpha value is -2.09. The van der Waals surface area contributed by atoms with Gasteiger partial charge in [0.15, 0.2) is 0 Å². The number of hydrogen-bond donors (Lipinski definition) is 1. The first kappa shape index (κ1) is 15.3. The molecule has 21 heavy (non-hydrogen) atoms. The van der Waals surface area contributed by atoms with Crippen LogP contribution in [-0.2, 0) is 10.2 Å². The third-order valence-electron chi connectivity index (χ3n) is 4.39. The second-order valence-corrected chi connectivity index (χ2v) is 5.36. The zero-order chi connectivity index (χ0) is 15.3. The first-order valence-corrected chi connectivity index (χ1v) is 7.52. The Morgan fingerprint density at radius 1 is 0.905 bits per heavy atom. The van der Waals surface area contributed by atoms with Gasteiger partial charge >= 0.3 is 5.97 Å². The van der Waals surface area contributed by atoms with Crippen molar-refractivity contribution in [2.45, 2.75) is 32.1 Å². The maximum absolute atomic E-state index is 12.4. The summed E-state index contributed by atoms with van der Waals surface area (Å²) < 4.78 is 0. The maximum atomic E-state index is 12.4. The summed E-state index contributed by atoms with van der Waals surface area (Å²) >= 11 is 0. The predicted molar refractivity (Wildman–Crippen MR) is 85.4 cm³/mol. The Bertz CT molecular complexity index is 532. The molecule has 0 spiro atoms. The van der Waals surface area contributed by atoms with Crippen LogP contribution in [0.4, 0.5) is 0 Å². The van der Waals surface area contributed by atoms with Crippen molar-refractivity contribution in [3.63, 3.8) is 0 Å². The van der Waals surface area contributed by atoms with E-state index in [1.807, 2.05) is 60.7 Å². The predicted octanol–water partition coefficient (Wildman–Crippen LogP) is 4.49. The highest BCUT2D eigenvalue weighted by Gasteiger charge is 2.47. The summed E-state index contributed by atoms with van der Waals surface area (Å²) in [6.45, 7) is 4.13. The van der Waals surface area contributed by atoms with E-state index in [-0.39, 0.29) is 5.92 Å². The van der Waals surface area contributed by atoms with Gasteiger partial charge in [0, 0.05) is 0 Å². The van der Waals surface area contributed by atoms with Gasteiger partial charge in [0.1, 0.15) is 5.41 Å². The van der Waals surface area contributed by atoms with E-state index in [2.05, 4.69) is 13.8 Å². The van der Waals surface area contributed by atoms with E-state index in [0.29, 0.717) is 0 Å². The van der Waals surface area contributed by atoms with Crippen LogP contribution in [0.1, 0.15) is 37.8 Å². The number of aliphatic carboxylic acids is 1. The van der Waals surface area contributed by atoms with Crippen molar-refractivity contribution in [2.75, 3.05) is 0 Å². The Morgan fingerprint density at radius 2 is 1.29 bits per heavy atom. The van der Waals surface area contributed by atoms with E-state index in [4.69, 9.17) is 0 Å². The summed E-state index contributed by atoms with van der Waals surface area (Å²) in [5.41, 5.74) is 0.737. The second-order valence-electron chi connectivity index (χ2n) is 5.36. The van der Waals surface area contributed by atoms with Gasteiger partial charge in [-0.05, 0) is 17.0 Å². The molecule has 0 bridgehead atoms. The molecule has 2 heteroatoms. The number of benzene rings is 2. The highest BCUT2D eigenvalue weighted by Crippen LogP contribution is 2.42. The van der Waals surface area contributed by atoms with Crippen molar-refractivity contribution in [3.05, 3.63) is 71.8 Å². The molecule has 2 aromatic rings. The minimum absolute atomic E-state index is 0.0554. The van der Waals surface area contributed by atoms with Gasteiger partial charge < -0.3 is 5.11 Å². The first-order chi connectivity index (χ1) is 10.2. The average molecular weight is 282 g/mol. The van der Waals surface area contributed by atoms with Crippen molar-refractivity contribution in [1.29, 1.82) is 0 Å². The standard InChI is InChI=1S/C19H22O2/c1-3-15(4-2)19(18(20)21,16-11-7-5-8-12-16)17-13-9-6-10-14-17/h5-15H,3-4H2,1-2H3,(H,20,21). The fourth-order valence-electron chi connectivity index (χ4n) is 3.36. The summed E-state index contributed by atoms with van der Waals surface area (Å²) in [6, 6.07) is 19.2. The molecule has 1 N–H and O–H groups in total. The zero-order valence-electron chi connectivity index (χ0n) is 12.6. The van der Waals surface area contributed by atoms with Crippen LogP contribution in [-0.4, -0.2) is 11.1 Å². The summed E-state index contributed by atoms with van der Waals surface area (Å²) in [6.07, 6.45) is 1.65. The number of rotatable bonds is 6. The van der Waals surface area contributed by atoms with Crippen LogP contribution < -0.4 is 0 Å². The number of carboxylic acids is 1. The van der Waals surface area contributed by atoms with Crippen LogP contribution in [0.25, 0.3) is 0 Å². The van der Waals surface area contributed by atoms with Crippen LogP contribution in [0.15, 0.2) is 60.7 Å². The number of carbonyl (C=O) groups is 1. The molecule has 0 aliphatic rings. The Kier molecular flexibility index (Phi) is 4.79. The Balaban J connectivity index is 2.75. The molecule has 0 amide bonds. The lowest BCUT2D eigenvalue weighted by atomic mass is 9.64. The summed E-state index contributed by atoms with van der Waals surface area (Å²) in [5.74, 6) is -0.714. The third kappa shape index (κ3) is 2.58. The van der Waals surface area contributed by atoms with E-state index in [0.717, 1.165) is 24.0 Å². The third-order valence-corrected chi connectivity index (χ3v) is 4.39. The van der Waals surface area contributed by atoms with Crippen LogP contribution in [0.5, 0.6) is 0 Å². The molecule has 0 aliphatic heterocycles. The maximum Gasteiger partial charge on any atom is 0.318 e. The van der Waals surface area contributed by atoms with Crippen molar-refractivity contribution in [1.82, 2.24) is 0 Å². The molecular weight excluding hydrogens is 260 g/mol. The fraction of sp³-hybridized carbons (Fsp3) is 0.316. The van der Waals surface area contributed by atoms with E-state index in [9.17, 15) is 9.90 Å². The highest BCUT2D eigenvalue weighted by atomic mass is 16.4. The zero-order valence-corrected chi connectivity index (χ0v) is 12.6. The van der Waals surface area contributed by atoms with Gasteiger partial charge in [0.25, 0.3) is 0 Å². The Labute approximate surface area is 126 Å². The van der Waals surface area contributed by atoms with Crippen molar-refractivity contribution >= 4 is 5.97 Å². The lowest BCUT2D eigenvalue weighted by Crippen LogP contribution is -2.44. The van der Waals surface area contributed by atoms with Crippen LogP contribution in [0.3, 0.4) is 0 Å². The summed E-state index contributed by atoms with van der Waals surface area (Å²) in [7, 11) is 0. The molecule has 2 aromatic carbocycles. The van der Waals surface area contributed by atoms with E-state index < -0.39 is 11.4 Å². The minimum atomic E-state index is -0.980. The smallest absolute Gasteiger partial charge is 0.318 e. The lowest BCUT2D eigenvalue weighted by molar-refractivity contribution is -0.144. The molecule has 110 valence electrons. The monoisotopic (exact) mass is 282 g/mol. The van der Waals surface area contributed by atoms with Gasteiger partial charge in [-0.3, -0.25) is 4.79 Å². The van der Waals surface area contributed by atoms with E-state index >= 15 is 0 Å². The first-order valence-electron chi connectivity index (χ1n) is 7.52. The molecule has 0 aliphatic carbocycles. The van der Waals surface area contributed by atoms with E-state index in [1.165, 1.54) is 0 Å². The molecule has 2 rings (SSSR count). The van der Waals surface area contributed by atoms with Gasteiger partial charge in [0.2, 0.25) is 0 Å². The second kappa shape index (κ2) is 6.57. The highest BCUT2D eigenvalue weighted by molar-refractivity contribution is 5.86. The lowest BCUT2D eigenvalue weighted by Gasteiger charge is -2.37. The SMILES string of the molecule is CCC(CC)C(C(=O)O)(c1ccccc1)c1ccccc1. The van der Waals surface area contributed by atoms with Gasteiger partial charge in [-0.15, -0.1) is 0 Å². The van der Waals surface area contributed by atoms with Crippen molar-refractivity contribution in [3.8, 4) is 0 Å². The summed E-state index contributed by atoms with van der Waals surface area (Å²) in [4.78, 5) is 12.4. The van der Waals surface area contributed by atoms with Gasteiger partial charge in [-0.2, -0.15) is 0 Å². The van der Waals surface area contributed by atoms with Gasteiger partial charge in [-0.25, -0.2) is 0 Å². The van der Waals surface area contributed by atoms with Crippen molar-refractivity contribution < 1.29 is 9.90 Å². The molecule has 2 nitrogen and oxygen atoms in total. The Morgan fingerprint density at radius 3 is 1.57 bits per heavy atom. The molecule has 0 aromatic heterocycles. The molecule has 0 fully saturated rings. The normalized spacial score (nSPS) is 11.6. The van der Waals surface area contributed by atoms with Crippen LogP contribution >= 0.6 is 0 Å². The van der Waals surface area contributed by atoms with Crippen LogP contribution in [0.2, 0.25) is 0 Å². The number of hydrogen-bond acceptors (Lipinski definition) is 1.